The van der Waals surface area contributed by atoms with Gasteiger partial charge in [0.15, 0.2) is 0 Å². The van der Waals surface area contributed by atoms with E-state index in [1.165, 1.54) is 25.7 Å². The number of aromatic nitrogens is 1. The van der Waals surface area contributed by atoms with Gasteiger partial charge in [-0.1, -0.05) is 6.92 Å². The highest BCUT2D eigenvalue weighted by Crippen LogP contribution is 2.36. The summed E-state index contributed by atoms with van der Waals surface area (Å²) in [6, 6.07) is 5.03. The topological polar surface area (TPSA) is 37.3 Å². The molecule has 0 aromatic carbocycles. The summed E-state index contributed by atoms with van der Waals surface area (Å²) in [4.78, 5) is 14.9. The van der Waals surface area contributed by atoms with Gasteiger partial charge in [-0.3, -0.25) is 4.79 Å². The Labute approximate surface area is 121 Å². The highest BCUT2D eigenvalue weighted by atomic mass is 16.2. The van der Waals surface area contributed by atoms with Crippen molar-refractivity contribution in [2.45, 2.75) is 51.1 Å². The van der Waals surface area contributed by atoms with Crippen LogP contribution in [0.2, 0.25) is 0 Å². The predicted octanol–water partition coefficient (Wildman–Crippen LogP) is 2.43. The lowest BCUT2D eigenvalue weighted by Gasteiger charge is -2.26. The van der Waals surface area contributed by atoms with Gasteiger partial charge in [-0.2, -0.15) is 0 Å². The minimum atomic E-state index is 0.206. The maximum Gasteiger partial charge on any atom is 0.270 e. The van der Waals surface area contributed by atoms with Gasteiger partial charge in [0.25, 0.3) is 5.91 Å². The summed E-state index contributed by atoms with van der Waals surface area (Å²) in [6.45, 7) is 4.94. The molecule has 4 heteroatoms. The number of carbonyl (C=O) groups excluding carboxylic acids is 1. The third-order valence-electron chi connectivity index (χ3n) is 4.32. The van der Waals surface area contributed by atoms with Crippen molar-refractivity contribution in [1.29, 1.82) is 0 Å². The average molecular weight is 275 g/mol. The van der Waals surface area contributed by atoms with Gasteiger partial charge in [-0.25, -0.2) is 0 Å². The summed E-state index contributed by atoms with van der Waals surface area (Å²) in [5, 5.41) is 3.49. The van der Waals surface area contributed by atoms with Gasteiger partial charge in [0.05, 0.1) is 0 Å². The molecule has 1 saturated carbocycles. The zero-order chi connectivity index (χ0) is 13.9. The van der Waals surface area contributed by atoms with E-state index in [9.17, 15) is 4.79 Å². The van der Waals surface area contributed by atoms with Crippen molar-refractivity contribution in [1.82, 2.24) is 14.8 Å². The van der Waals surface area contributed by atoms with Crippen molar-refractivity contribution < 1.29 is 4.79 Å². The first-order chi connectivity index (χ1) is 9.79. The van der Waals surface area contributed by atoms with Crippen molar-refractivity contribution >= 4 is 5.91 Å². The Hall–Kier alpha value is -1.29. The standard InChI is InChI=1S/C16H25N3O/c1-2-10-18(12-13-5-3-9-17-13)16(20)15-6-4-11-19(15)14-7-8-14/h4,6,11,13-14,17H,2-3,5,7-10,12H2,1H3. The van der Waals surface area contributed by atoms with Crippen molar-refractivity contribution in [2.24, 2.45) is 0 Å². The Balaban J connectivity index is 1.71. The maximum absolute atomic E-state index is 12.8. The van der Waals surface area contributed by atoms with E-state index in [4.69, 9.17) is 0 Å². The number of hydrogen-bond acceptors (Lipinski definition) is 2. The van der Waals surface area contributed by atoms with E-state index < -0.39 is 0 Å². The largest absolute Gasteiger partial charge is 0.340 e. The highest BCUT2D eigenvalue weighted by molar-refractivity contribution is 5.93. The Bertz CT molecular complexity index is 458. The van der Waals surface area contributed by atoms with Crippen LogP contribution in [0.1, 0.15) is 55.6 Å². The summed E-state index contributed by atoms with van der Waals surface area (Å²) in [7, 11) is 0. The molecule has 2 heterocycles. The average Bonchev–Trinajstić information content (AvgIpc) is 2.97. The highest BCUT2D eigenvalue weighted by Gasteiger charge is 2.29. The van der Waals surface area contributed by atoms with Crippen LogP contribution in [-0.2, 0) is 0 Å². The van der Waals surface area contributed by atoms with E-state index in [1.807, 2.05) is 17.0 Å². The van der Waals surface area contributed by atoms with Crippen LogP contribution in [-0.4, -0.2) is 41.1 Å². The zero-order valence-electron chi connectivity index (χ0n) is 12.3. The molecule has 1 atom stereocenters. The molecule has 1 aliphatic heterocycles. The molecule has 3 rings (SSSR count). The molecule has 0 spiro atoms. The SMILES string of the molecule is CCCN(CC1CCCN1)C(=O)c1cccn1C1CC1. The first-order valence-electron chi connectivity index (χ1n) is 7.99. The first-order valence-corrected chi connectivity index (χ1v) is 7.99. The molecular formula is C16H25N3O. The third-order valence-corrected chi connectivity index (χ3v) is 4.32. The lowest BCUT2D eigenvalue weighted by atomic mass is 10.2. The van der Waals surface area contributed by atoms with Gasteiger partial charge in [0.2, 0.25) is 0 Å². The van der Waals surface area contributed by atoms with E-state index >= 15 is 0 Å². The second-order valence-corrected chi connectivity index (χ2v) is 6.08. The number of hydrogen-bond donors (Lipinski definition) is 1. The number of nitrogens with one attached hydrogen (secondary N) is 1. The minimum Gasteiger partial charge on any atom is -0.340 e. The molecule has 1 aromatic rings. The molecule has 1 aromatic heterocycles. The second kappa shape index (κ2) is 6.00. The van der Waals surface area contributed by atoms with E-state index in [1.54, 1.807) is 0 Å². The van der Waals surface area contributed by atoms with Crippen LogP contribution in [0.25, 0.3) is 0 Å². The molecular weight excluding hydrogens is 250 g/mol. The van der Waals surface area contributed by atoms with E-state index in [0.717, 1.165) is 31.7 Å². The predicted molar refractivity (Wildman–Crippen MR) is 79.9 cm³/mol. The Morgan fingerprint density at radius 2 is 2.30 bits per heavy atom. The molecule has 2 aliphatic rings. The van der Waals surface area contributed by atoms with Crippen molar-refractivity contribution in [2.75, 3.05) is 19.6 Å². The summed E-state index contributed by atoms with van der Waals surface area (Å²) < 4.78 is 2.17. The van der Waals surface area contributed by atoms with E-state index in [-0.39, 0.29) is 5.91 Å². The van der Waals surface area contributed by atoms with Crippen LogP contribution in [0.3, 0.4) is 0 Å². The molecule has 0 radical (unpaired) electrons. The molecule has 2 fully saturated rings. The van der Waals surface area contributed by atoms with E-state index in [0.29, 0.717) is 12.1 Å². The molecule has 20 heavy (non-hydrogen) atoms. The summed E-state index contributed by atoms with van der Waals surface area (Å²) >= 11 is 0. The Morgan fingerprint density at radius 1 is 1.45 bits per heavy atom. The van der Waals surface area contributed by atoms with Crippen LogP contribution in [0.15, 0.2) is 18.3 Å². The lowest BCUT2D eigenvalue weighted by molar-refractivity contribution is 0.0730. The van der Waals surface area contributed by atoms with Gasteiger partial charge in [0.1, 0.15) is 5.69 Å². The molecule has 0 bridgehead atoms. The lowest BCUT2D eigenvalue weighted by Crippen LogP contribution is -2.42. The van der Waals surface area contributed by atoms with Gasteiger partial charge < -0.3 is 14.8 Å². The fraction of sp³-hybridized carbons (Fsp3) is 0.688. The smallest absolute Gasteiger partial charge is 0.270 e. The van der Waals surface area contributed by atoms with Crippen molar-refractivity contribution in [3.63, 3.8) is 0 Å². The fourth-order valence-electron chi connectivity index (χ4n) is 3.13. The summed E-state index contributed by atoms with van der Waals surface area (Å²) in [5.41, 5.74) is 0.874. The number of carbonyl (C=O) groups is 1. The van der Waals surface area contributed by atoms with E-state index in [2.05, 4.69) is 23.0 Å². The van der Waals surface area contributed by atoms with Crippen LogP contribution >= 0.6 is 0 Å². The first kappa shape index (κ1) is 13.7. The van der Waals surface area contributed by atoms with Crippen molar-refractivity contribution in [3.8, 4) is 0 Å². The second-order valence-electron chi connectivity index (χ2n) is 6.08. The minimum absolute atomic E-state index is 0.206. The normalized spacial score (nSPS) is 22.1. The maximum atomic E-state index is 12.8. The third kappa shape index (κ3) is 2.90. The summed E-state index contributed by atoms with van der Waals surface area (Å²) in [5.74, 6) is 0.206. The Kier molecular flexibility index (Phi) is 4.10. The summed E-state index contributed by atoms with van der Waals surface area (Å²) in [6.07, 6.45) is 7.93. The molecule has 1 aliphatic carbocycles. The molecule has 1 N–H and O–H groups in total. The van der Waals surface area contributed by atoms with Gasteiger partial charge in [0, 0.05) is 31.4 Å². The molecule has 1 unspecified atom stereocenters. The molecule has 4 nitrogen and oxygen atoms in total. The van der Waals surface area contributed by atoms with Crippen LogP contribution in [0.5, 0.6) is 0 Å². The molecule has 1 saturated heterocycles. The van der Waals surface area contributed by atoms with Crippen LogP contribution in [0, 0.1) is 0 Å². The van der Waals surface area contributed by atoms with Crippen LogP contribution in [0.4, 0.5) is 0 Å². The number of nitrogens with zero attached hydrogens (tertiary/aromatic N) is 2. The Morgan fingerprint density at radius 3 is 2.95 bits per heavy atom. The van der Waals surface area contributed by atoms with Crippen molar-refractivity contribution in [3.05, 3.63) is 24.0 Å². The monoisotopic (exact) mass is 275 g/mol. The number of amides is 1. The van der Waals surface area contributed by atoms with Gasteiger partial charge in [-0.05, 0) is 50.8 Å². The van der Waals surface area contributed by atoms with Gasteiger partial charge in [-0.15, -0.1) is 0 Å². The van der Waals surface area contributed by atoms with Crippen LogP contribution < -0.4 is 5.32 Å². The zero-order valence-corrected chi connectivity index (χ0v) is 12.3. The van der Waals surface area contributed by atoms with Gasteiger partial charge >= 0.3 is 0 Å². The number of rotatable bonds is 6. The fourth-order valence-corrected chi connectivity index (χ4v) is 3.13. The molecule has 1 amide bonds. The quantitative estimate of drug-likeness (QED) is 0.866. The molecule has 110 valence electrons.